The van der Waals surface area contributed by atoms with Crippen LogP contribution in [0.15, 0.2) is 127 Å². The third kappa shape index (κ3) is 6.47. The Balaban J connectivity index is 1.34. The van der Waals surface area contributed by atoms with E-state index >= 15 is 0 Å². The number of methoxy groups -OCH3 is 1. The number of phenolic OH excluding ortho intramolecular Hbond substituents is 4. The van der Waals surface area contributed by atoms with Crippen molar-refractivity contribution in [3.05, 3.63) is 162 Å². The Morgan fingerprint density at radius 1 is 0.571 bits per heavy atom. The van der Waals surface area contributed by atoms with E-state index in [1.165, 1.54) is 7.11 Å². The van der Waals surface area contributed by atoms with Crippen LogP contribution < -0.4 is 0 Å². The highest BCUT2D eigenvalue weighted by molar-refractivity contribution is 5.98. The minimum atomic E-state index is -0.526. The fraction of sp³-hybridized carbons (Fsp3) is 0.0980. The number of carbonyl (C=O) groups excluding carboxylic acids is 1. The van der Waals surface area contributed by atoms with Crippen molar-refractivity contribution in [3.8, 4) is 67.5 Å². The Hall–Kier alpha value is -8.38. The fourth-order valence-electron chi connectivity index (χ4n) is 9.43. The number of H-pyrrole nitrogens is 2. The van der Waals surface area contributed by atoms with Crippen molar-refractivity contribution in [1.29, 1.82) is 0 Å². The van der Waals surface area contributed by atoms with Gasteiger partial charge in [0.2, 0.25) is 0 Å². The molecular formula is C51H38N6O6. The van der Waals surface area contributed by atoms with Gasteiger partial charge in [-0.15, -0.1) is 0 Å². The van der Waals surface area contributed by atoms with Crippen LogP contribution in [0.2, 0.25) is 0 Å². The summed E-state index contributed by atoms with van der Waals surface area (Å²) in [5.74, 6) is -0.660. The summed E-state index contributed by atoms with van der Waals surface area (Å²) in [6.07, 6.45) is 4.37. The number of aromatic hydroxyl groups is 4. The second-order valence-electron chi connectivity index (χ2n) is 16.0. The van der Waals surface area contributed by atoms with Gasteiger partial charge in [0, 0.05) is 61.9 Å². The van der Waals surface area contributed by atoms with Crippen LogP contribution in [0.25, 0.3) is 78.7 Å². The number of nitrogens with one attached hydrogen (secondary N) is 2. The Morgan fingerprint density at radius 2 is 1.00 bits per heavy atom. The summed E-state index contributed by atoms with van der Waals surface area (Å²) in [7, 11) is 1.34. The van der Waals surface area contributed by atoms with Gasteiger partial charge in [0.1, 0.15) is 23.0 Å². The molecule has 0 radical (unpaired) electrons. The molecule has 2 atom stereocenters. The zero-order chi connectivity index (χ0) is 42.9. The first-order valence-electron chi connectivity index (χ1n) is 20.5. The molecule has 8 aromatic rings. The summed E-state index contributed by atoms with van der Waals surface area (Å²) in [5.41, 5.74) is 12.7. The number of aromatic nitrogens is 6. The molecule has 0 fully saturated rings. The highest BCUT2D eigenvalue weighted by Crippen LogP contribution is 2.50. The lowest BCUT2D eigenvalue weighted by molar-refractivity contribution is 0.0592. The van der Waals surface area contributed by atoms with Gasteiger partial charge in [-0.3, -0.25) is 9.67 Å². The number of nitrogens with zero attached hydrogens (tertiary/aromatic N) is 4. The molecule has 3 aliphatic heterocycles. The van der Waals surface area contributed by atoms with Crippen molar-refractivity contribution in [2.45, 2.75) is 24.8 Å². The second kappa shape index (κ2) is 14.7. The summed E-state index contributed by atoms with van der Waals surface area (Å²) in [4.78, 5) is 31.2. The largest absolute Gasteiger partial charge is 0.508 e. The molecule has 0 spiro atoms. The maximum Gasteiger partial charge on any atom is 0.358 e. The van der Waals surface area contributed by atoms with Crippen LogP contribution in [0.3, 0.4) is 0 Å². The van der Waals surface area contributed by atoms with Crippen molar-refractivity contribution in [3.63, 3.8) is 0 Å². The Labute approximate surface area is 359 Å². The van der Waals surface area contributed by atoms with Gasteiger partial charge in [-0.2, -0.15) is 5.10 Å². The number of fused-ring (bicyclic) bond motifs is 12. The molecule has 7 heterocycles. The topological polar surface area (TPSA) is 182 Å². The summed E-state index contributed by atoms with van der Waals surface area (Å²) >= 11 is 0. The normalized spacial score (nSPS) is 15.2. The molecule has 4 aromatic heterocycles. The first-order valence-corrected chi connectivity index (χ1v) is 20.5. The van der Waals surface area contributed by atoms with E-state index in [0.29, 0.717) is 24.4 Å². The van der Waals surface area contributed by atoms with Crippen molar-refractivity contribution in [2.24, 2.45) is 0 Å². The smallest absolute Gasteiger partial charge is 0.358 e. The predicted molar refractivity (Wildman–Crippen MR) is 241 cm³/mol. The van der Waals surface area contributed by atoms with Gasteiger partial charge >= 0.3 is 5.97 Å². The molecule has 63 heavy (non-hydrogen) atoms. The molecule has 0 aliphatic carbocycles. The quantitative estimate of drug-likeness (QED) is 0.0920. The van der Waals surface area contributed by atoms with Gasteiger partial charge in [-0.05, 0) is 120 Å². The monoisotopic (exact) mass is 830 g/mol. The van der Waals surface area contributed by atoms with Gasteiger partial charge < -0.3 is 35.1 Å². The van der Waals surface area contributed by atoms with Gasteiger partial charge in [0.25, 0.3) is 0 Å². The lowest BCUT2D eigenvalue weighted by Gasteiger charge is -2.28. The van der Waals surface area contributed by atoms with Crippen LogP contribution in [-0.4, -0.2) is 63.2 Å². The number of phenols is 4. The maximum absolute atomic E-state index is 12.8. The number of carbonyl (C=O) groups is 1. The highest BCUT2D eigenvalue weighted by atomic mass is 16.5. The number of rotatable bonds is 5. The molecule has 0 amide bonds. The van der Waals surface area contributed by atoms with E-state index in [9.17, 15) is 25.2 Å². The van der Waals surface area contributed by atoms with Gasteiger partial charge in [-0.25, -0.2) is 9.78 Å². The standard InChI is InChI=1S/C51H38N6O6/c1-63-51(62)44-25-31-24-36-37(26-57(31)56-44)50-48(30-9-5-13-35(61)23-30)43-19-17-41(54-43)46(28-7-3-11-33(59)21-28)39-15-14-38(52-39)45(27-6-2-10-32(58)20-27)40-16-18-42(53-40)47(49(36)55-50)29-8-4-12-34(60)22-29/h2-23,25,36-37,53-54,58-61H,24,26H2,1H3. The van der Waals surface area contributed by atoms with Crippen molar-refractivity contribution in [1.82, 2.24) is 29.7 Å². The first-order chi connectivity index (χ1) is 30.7. The molecule has 12 heteroatoms. The number of ether oxygens (including phenoxy) is 1. The molecular weight excluding hydrogens is 793 g/mol. The van der Waals surface area contributed by atoms with Crippen molar-refractivity contribution >= 4 is 40.2 Å². The number of hydrogen-bond acceptors (Lipinski definition) is 9. The molecule has 0 saturated carbocycles. The summed E-state index contributed by atoms with van der Waals surface area (Å²) in [5, 5.41) is 48.2. The van der Waals surface area contributed by atoms with E-state index in [2.05, 4.69) is 9.97 Å². The number of benzene rings is 4. The highest BCUT2D eigenvalue weighted by Gasteiger charge is 2.41. The van der Waals surface area contributed by atoms with Gasteiger partial charge in [0.15, 0.2) is 5.69 Å². The summed E-state index contributed by atoms with van der Waals surface area (Å²) in [6.45, 7) is 0.383. The molecule has 0 saturated heterocycles. The molecule has 2 unspecified atom stereocenters. The van der Waals surface area contributed by atoms with E-state index in [0.717, 1.165) is 83.7 Å². The number of aromatic amines is 2. The molecule has 8 bridgehead atoms. The van der Waals surface area contributed by atoms with Gasteiger partial charge in [0.05, 0.1) is 36.4 Å². The predicted octanol–water partition coefficient (Wildman–Crippen LogP) is 10.1. The van der Waals surface area contributed by atoms with Crippen LogP contribution in [-0.2, 0) is 17.7 Å². The zero-order valence-corrected chi connectivity index (χ0v) is 33.7. The third-order valence-corrected chi connectivity index (χ3v) is 12.1. The van der Waals surface area contributed by atoms with Crippen molar-refractivity contribution < 1.29 is 30.0 Å². The van der Waals surface area contributed by atoms with E-state index in [-0.39, 0.29) is 40.5 Å². The molecule has 308 valence electrons. The van der Waals surface area contributed by atoms with E-state index in [1.54, 1.807) is 72.8 Å². The maximum atomic E-state index is 12.8. The Bertz CT molecular complexity index is 3190. The summed E-state index contributed by atoms with van der Waals surface area (Å²) < 4.78 is 6.94. The number of hydrogen-bond donors (Lipinski definition) is 6. The van der Waals surface area contributed by atoms with Crippen LogP contribution in [0, 0.1) is 0 Å². The van der Waals surface area contributed by atoms with E-state index in [4.69, 9.17) is 19.8 Å². The Morgan fingerprint density at radius 3 is 1.44 bits per heavy atom. The van der Waals surface area contributed by atoms with Crippen LogP contribution in [0.1, 0.15) is 50.8 Å². The lowest BCUT2D eigenvalue weighted by Crippen LogP contribution is -2.24. The molecule has 12 nitrogen and oxygen atoms in total. The average Bonchev–Trinajstić information content (AvgIpc) is 4.14. The summed E-state index contributed by atoms with van der Waals surface area (Å²) in [6, 6.07) is 38.1. The van der Waals surface area contributed by atoms with Gasteiger partial charge in [-0.1, -0.05) is 48.5 Å². The van der Waals surface area contributed by atoms with Crippen molar-refractivity contribution in [2.75, 3.05) is 7.11 Å². The van der Waals surface area contributed by atoms with Crippen LogP contribution in [0.4, 0.5) is 0 Å². The Kier molecular flexibility index (Phi) is 8.75. The minimum absolute atomic E-state index is 0.0873. The molecule has 4 aromatic carbocycles. The van der Waals surface area contributed by atoms with Crippen LogP contribution >= 0.6 is 0 Å². The fourth-order valence-corrected chi connectivity index (χ4v) is 9.43. The second-order valence-corrected chi connectivity index (χ2v) is 16.0. The zero-order valence-electron chi connectivity index (χ0n) is 33.7. The van der Waals surface area contributed by atoms with E-state index < -0.39 is 5.97 Å². The molecule has 11 rings (SSSR count). The third-order valence-electron chi connectivity index (χ3n) is 12.1. The molecule has 3 aliphatic rings. The minimum Gasteiger partial charge on any atom is -0.508 e. The lowest BCUT2D eigenvalue weighted by atomic mass is 9.80. The number of esters is 1. The SMILES string of the molecule is COC(=O)c1cc2n(n1)CC1c3nc(c(-c4cccc(O)c4)c4ccc([nH]4)c(-c4cccc(O)c4)c4nc(c(-c5cccc(O)c5)c5ccc([nH]5)c3-c3cccc(O)c3)C=C4)C1C2. The van der Waals surface area contributed by atoms with E-state index in [1.807, 2.05) is 71.4 Å². The van der Waals surface area contributed by atoms with Crippen LogP contribution in [0.5, 0.6) is 23.0 Å². The average molecular weight is 831 g/mol. The first kappa shape index (κ1) is 37.6. The molecule has 6 N–H and O–H groups in total.